The molecule has 0 bridgehead atoms. The number of piperidine rings is 1. The Bertz CT molecular complexity index is 581. The summed E-state index contributed by atoms with van der Waals surface area (Å²) in [6, 6.07) is 9.69. The molecule has 1 unspecified atom stereocenters. The predicted octanol–water partition coefficient (Wildman–Crippen LogP) is 2.07. The van der Waals surface area contributed by atoms with E-state index in [1.165, 1.54) is 0 Å². The Kier molecular flexibility index (Phi) is 4.82. The van der Waals surface area contributed by atoms with Crippen molar-refractivity contribution in [3.63, 3.8) is 0 Å². The van der Waals surface area contributed by atoms with Crippen LogP contribution in [0.3, 0.4) is 0 Å². The minimum Gasteiger partial charge on any atom is -0.490 e. The van der Waals surface area contributed by atoms with Crippen LogP contribution in [0.2, 0.25) is 0 Å². The summed E-state index contributed by atoms with van der Waals surface area (Å²) in [7, 11) is 0. The number of hydrogen-bond donors (Lipinski definition) is 1. The van der Waals surface area contributed by atoms with E-state index in [-0.39, 0.29) is 18.1 Å². The number of rotatable bonds is 5. The molecule has 1 aliphatic carbocycles. The molecule has 1 N–H and O–H groups in total. The minimum atomic E-state index is -0.0635. The molecule has 0 aromatic heterocycles. The maximum Gasteiger partial charge on any atom is 0.237 e. The maximum atomic E-state index is 12.1. The highest BCUT2D eigenvalue weighted by atomic mass is 16.5. The van der Waals surface area contributed by atoms with E-state index in [0.717, 1.165) is 44.5 Å². The van der Waals surface area contributed by atoms with Gasteiger partial charge in [-0.15, -0.1) is 0 Å². The van der Waals surface area contributed by atoms with E-state index in [1.54, 1.807) is 12.1 Å². The Hall–Kier alpha value is -2.06. The molecule has 1 aromatic rings. The lowest BCUT2D eigenvalue weighted by Crippen LogP contribution is -2.50. The zero-order valence-electron chi connectivity index (χ0n) is 13.5. The fourth-order valence-corrected chi connectivity index (χ4v) is 2.90. The number of nitrogens with one attached hydrogen (secondary N) is 1. The lowest BCUT2D eigenvalue weighted by molar-refractivity contribution is -0.126. The lowest BCUT2D eigenvalue weighted by Gasteiger charge is -2.35. The van der Waals surface area contributed by atoms with Crippen molar-refractivity contribution in [1.82, 2.24) is 10.2 Å². The second-order valence-corrected chi connectivity index (χ2v) is 6.45. The molecule has 122 valence electrons. The third-order valence-corrected chi connectivity index (χ3v) is 4.61. The molecular formula is C18H23N3O2. The van der Waals surface area contributed by atoms with E-state index in [0.29, 0.717) is 11.6 Å². The first-order valence-corrected chi connectivity index (χ1v) is 8.37. The highest BCUT2D eigenvalue weighted by molar-refractivity contribution is 5.81. The molecule has 0 spiro atoms. The molecule has 1 heterocycles. The van der Waals surface area contributed by atoms with Crippen LogP contribution in [0.5, 0.6) is 5.75 Å². The van der Waals surface area contributed by atoms with Crippen LogP contribution >= 0.6 is 0 Å². The van der Waals surface area contributed by atoms with E-state index < -0.39 is 0 Å². The molecule has 2 aliphatic rings. The van der Waals surface area contributed by atoms with Crippen molar-refractivity contribution in [3.8, 4) is 11.8 Å². The first kappa shape index (κ1) is 15.8. The Morgan fingerprint density at radius 3 is 2.48 bits per heavy atom. The van der Waals surface area contributed by atoms with Gasteiger partial charge in [0, 0.05) is 19.1 Å². The molecular weight excluding hydrogens is 290 g/mol. The summed E-state index contributed by atoms with van der Waals surface area (Å²) in [5.41, 5.74) is 0.641. The number of carbonyl (C=O) groups is 1. The van der Waals surface area contributed by atoms with Gasteiger partial charge in [-0.2, -0.15) is 5.26 Å². The van der Waals surface area contributed by atoms with Crippen LogP contribution in [-0.4, -0.2) is 42.1 Å². The van der Waals surface area contributed by atoms with Crippen molar-refractivity contribution in [3.05, 3.63) is 29.8 Å². The van der Waals surface area contributed by atoms with Crippen LogP contribution in [0, 0.1) is 11.3 Å². The second-order valence-electron chi connectivity index (χ2n) is 6.45. The normalized spacial score (nSPS) is 20.5. The number of benzene rings is 1. The largest absolute Gasteiger partial charge is 0.490 e. The van der Waals surface area contributed by atoms with Crippen LogP contribution in [-0.2, 0) is 4.79 Å². The smallest absolute Gasteiger partial charge is 0.237 e. The van der Waals surface area contributed by atoms with Gasteiger partial charge < -0.3 is 10.1 Å². The summed E-state index contributed by atoms with van der Waals surface area (Å²) in [4.78, 5) is 14.3. The molecule has 1 aliphatic heterocycles. The maximum absolute atomic E-state index is 12.1. The number of hydrogen-bond acceptors (Lipinski definition) is 4. The number of amides is 1. The average molecular weight is 313 g/mol. The summed E-state index contributed by atoms with van der Waals surface area (Å²) < 4.78 is 5.98. The standard InChI is InChI=1S/C18H23N3O2/c1-13(18(22)20-15-4-5-15)21-10-8-17(9-11-21)23-16-6-2-14(12-19)3-7-16/h2-3,6-7,13,15,17H,4-5,8-11H2,1H3,(H,20,22). The highest BCUT2D eigenvalue weighted by Gasteiger charge is 2.30. The van der Waals surface area contributed by atoms with Crippen molar-refractivity contribution in [2.24, 2.45) is 0 Å². The van der Waals surface area contributed by atoms with E-state index in [9.17, 15) is 4.79 Å². The zero-order valence-corrected chi connectivity index (χ0v) is 13.5. The highest BCUT2D eigenvalue weighted by Crippen LogP contribution is 2.22. The molecule has 5 heteroatoms. The number of likely N-dealkylation sites (tertiary alicyclic amines) is 1. The third kappa shape index (κ3) is 4.23. The monoisotopic (exact) mass is 313 g/mol. The third-order valence-electron chi connectivity index (χ3n) is 4.61. The van der Waals surface area contributed by atoms with Crippen LogP contribution in [0.15, 0.2) is 24.3 Å². The Labute approximate surface area is 137 Å². The lowest BCUT2D eigenvalue weighted by atomic mass is 10.1. The fourth-order valence-electron chi connectivity index (χ4n) is 2.90. The molecule has 0 radical (unpaired) electrons. The van der Waals surface area contributed by atoms with Gasteiger partial charge in [-0.3, -0.25) is 9.69 Å². The molecule has 5 nitrogen and oxygen atoms in total. The topological polar surface area (TPSA) is 65.4 Å². The number of carbonyl (C=O) groups excluding carboxylic acids is 1. The molecule has 3 rings (SSSR count). The Balaban J connectivity index is 1.45. The van der Waals surface area contributed by atoms with Crippen molar-refractivity contribution in [2.45, 2.75) is 50.8 Å². The Morgan fingerprint density at radius 1 is 1.26 bits per heavy atom. The van der Waals surface area contributed by atoms with Crippen LogP contribution in [0.4, 0.5) is 0 Å². The van der Waals surface area contributed by atoms with Gasteiger partial charge in [0.25, 0.3) is 0 Å². The first-order chi connectivity index (χ1) is 11.2. The Morgan fingerprint density at radius 2 is 1.91 bits per heavy atom. The minimum absolute atomic E-state index is 0.0635. The summed E-state index contributed by atoms with van der Waals surface area (Å²) in [5, 5.41) is 11.9. The quantitative estimate of drug-likeness (QED) is 0.904. The van der Waals surface area contributed by atoms with Crippen molar-refractivity contribution in [1.29, 1.82) is 5.26 Å². The molecule has 2 fully saturated rings. The van der Waals surface area contributed by atoms with Crippen molar-refractivity contribution in [2.75, 3.05) is 13.1 Å². The van der Waals surface area contributed by atoms with Gasteiger partial charge in [0.2, 0.25) is 5.91 Å². The fraction of sp³-hybridized carbons (Fsp3) is 0.556. The summed E-state index contributed by atoms with van der Waals surface area (Å²) >= 11 is 0. The second kappa shape index (κ2) is 7.01. The molecule has 23 heavy (non-hydrogen) atoms. The van der Waals surface area contributed by atoms with Crippen LogP contribution in [0.1, 0.15) is 38.2 Å². The van der Waals surface area contributed by atoms with Crippen LogP contribution < -0.4 is 10.1 Å². The first-order valence-electron chi connectivity index (χ1n) is 8.37. The van der Waals surface area contributed by atoms with Gasteiger partial charge in [-0.1, -0.05) is 0 Å². The number of ether oxygens (including phenoxy) is 1. The van der Waals surface area contributed by atoms with Crippen LogP contribution in [0.25, 0.3) is 0 Å². The van der Waals surface area contributed by atoms with Gasteiger partial charge in [0.05, 0.1) is 17.7 Å². The molecule has 1 saturated carbocycles. The van der Waals surface area contributed by atoms with Gasteiger partial charge in [-0.05, 0) is 56.9 Å². The number of nitriles is 1. The molecule has 1 amide bonds. The van der Waals surface area contributed by atoms with Crippen molar-refractivity contribution >= 4 is 5.91 Å². The molecule has 1 atom stereocenters. The molecule has 1 aromatic carbocycles. The predicted molar refractivity (Wildman–Crippen MR) is 87.0 cm³/mol. The summed E-state index contributed by atoms with van der Waals surface area (Å²) in [5.74, 6) is 0.959. The summed E-state index contributed by atoms with van der Waals surface area (Å²) in [6.07, 6.45) is 4.26. The van der Waals surface area contributed by atoms with E-state index in [4.69, 9.17) is 10.00 Å². The van der Waals surface area contributed by atoms with Gasteiger partial charge >= 0.3 is 0 Å². The van der Waals surface area contributed by atoms with E-state index in [2.05, 4.69) is 16.3 Å². The van der Waals surface area contributed by atoms with Gasteiger partial charge in [0.1, 0.15) is 11.9 Å². The molecule has 1 saturated heterocycles. The zero-order chi connectivity index (χ0) is 16.2. The van der Waals surface area contributed by atoms with Gasteiger partial charge in [-0.25, -0.2) is 0 Å². The average Bonchev–Trinajstić information content (AvgIpc) is 3.39. The van der Waals surface area contributed by atoms with E-state index >= 15 is 0 Å². The SMILES string of the molecule is CC(C(=O)NC1CC1)N1CCC(Oc2ccc(C#N)cc2)CC1. The number of nitrogens with zero attached hydrogens (tertiary/aromatic N) is 2. The van der Waals surface area contributed by atoms with Gasteiger partial charge in [0.15, 0.2) is 0 Å². The van der Waals surface area contributed by atoms with Crippen molar-refractivity contribution < 1.29 is 9.53 Å². The summed E-state index contributed by atoms with van der Waals surface area (Å²) in [6.45, 7) is 3.74. The van der Waals surface area contributed by atoms with E-state index in [1.807, 2.05) is 19.1 Å².